The quantitative estimate of drug-likeness (QED) is 0.190. The molecule has 2 atom stereocenters. The van der Waals surface area contributed by atoms with Crippen LogP contribution in [0.15, 0.2) is 77.5 Å². The number of carbonyl (C=O) groups is 2. The minimum absolute atomic E-state index is 0.161. The summed E-state index contributed by atoms with van der Waals surface area (Å²) in [7, 11) is -3.20. The van der Waals surface area contributed by atoms with Crippen LogP contribution in [0, 0.1) is 0 Å². The number of alkyl carbamates (subject to hydrolysis) is 1. The topological polar surface area (TPSA) is 147 Å². The van der Waals surface area contributed by atoms with Gasteiger partial charge >= 0.3 is 16.4 Å². The molecule has 4 N–H and O–H groups in total. The van der Waals surface area contributed by atoms with Crippen LogP contribution in [0.3, 0.4) is 0 Å². The number of amides is 2. The third-order valence-corrected chi connectivity index (χ3v) is 8.07. The first-order valence-corrected chi connectivity index (χ1v) is 14.9. The number of anilines is 1. The van der Waals surface area contributed by atoms with Crippen molar-refractivity contribution in [2.45, 2.75) is 24.9 Å². The highest BCUT2D eigenvalue weighted by atomic mass is 32.2. The highest BCUT2D eigenvalue weighted by Crippen LogP contribution is 2.30. The maximum absolute atomic E-state index is 13.5. The Bertz CT molecular complexity index is 1490. The van der Waals surface area contributed by atoms with Crippen LogP contribution in [0.5, 0.6) is 0 Å². The van der Waals surface area contributed by atoms with Gasteiger partial charge in [0.25, 0.3) is 0 Å². The van der Waals surface area contributed by atoms with Crippen LogP contribution in [0.1, 0.15) is 22.9 Å². The molecule has 2 amide bonds. The number of nitrogens with zero attached hydrogens (tertiary/aromatic N) is 1. The molecule has 10 nitrogen and oxygen atoms in total. The van der Waals surface area contributed by atoms with Crippen molar-refractivity contribution in [2.24, 2.45) is 0 Å². The molecular weight excluding hydrogens is 561 g/mol. The molecule has 2 heterocycles. The Labute approximate surface area is 234 Å². The van der Waals surface area contributed by atoms with E-state index in [2.05, 4.69) is 10.6 Å². The number of aromatic nitrogens is 1. The lowest BCUT2D eigenvalue weighted by Crippen LogP contribution is -2.49. The number of hydrogen-bond donors (Lipinski definition) is 4. The van der Waals surface area contributed by atoms with Crippen LogP contribution in [0.25, 0.3) is 9.88 Å². The van der Waals surface area contributed by atoms with Crippen molar-refractivity contribution in [1.82, 2.24) is 15.6 Å². The summed E-state index contributed by atoms with van der Waals surface area (Å²) in [6.45, 7) is 0. The number of benzene rings is 2. The van der Waals surface area contributed by atoms with Gasteiger partial charge in [0.1, 0.15) is 11.0 Å². The summed E-state index contributed by atoms with van der Waals surface area (Å²) in [5, 5.41) is 10.4. The molecule has 0 aliphatic rings. The molecule has 0 aliphatic carbocycles. The largest absolute Gasteiger partial charge is 0.453 e. The van der Waals surface area contributed by atoms with E-state index in [4.69, 9.17) is 14.3 Å². The summed E-state index contributed by atoms with van der Waals surface area (Å²) < 4.78 is 38.2. The molecule has 204 valence electrons. The molecule has 0 saturated heterocycles. The second kappa shape index (κ2) is 12.8. The van der Waals surface area contributed by atoms with Gasteiger partial charge in [-0.25, -0.2) is 9.78 Å². The Balaban J connectivity index is 1.59. The molecule has 0 bridgehead atoms. The van der Waals surface area contributed by atoms with E-state index in [9.17, 15) is 18.0 Å². The molecule has 0 fully saturated rings. The number of carbonyl (C=O) groups excluding carboxylic acids is 2. The number of thiazole rings is 1. The fourth-order valence-electron chi connectivity index (χ4n) is 3.84. The van der Waals surface area contributed by atoms with Crippen LogP contribution in [-0.4, -0.2) is 43.1 Å². The summed E-state index contributed by atoms with van der Waals surface area (Å²) in [6.07, 6.45) is -0.150. The second-order valence-electron chi connectivity index (χ2n) is 8.46. The minimum atomic E-state index is -4.43. The molecule has 2 unspecified atom stereocenters. The van der Waals surface area contributed by atoms with Gasteiger partial charge in [-0.1, -0.05) is 48.5 Å². The normalized spacial score (nSPS) is 12.8. The third kappa shape index (κ3) is 8.35. The minimum Gasteiger partial charge on any atom is -0.453 e. The van der Waals surface area contributed by atoms with Gasteiger partial charge in [-0.2, -0.15) is 8.42 Å². The first kappa shape index (κ1) is 28.2. The zero-order valence-electron chi connectivity index (χ0n) is 20.7. The van der Waals surface area contributed by atoms with Crippen LogP contribution < -0.4 is 15.4 Å². The zero-order chi connectivity index (χ0) is 27.8. The van der Waals surface area contributed by atoms with Crippen molar-refractivity contribution in [3.05, 3.63) is 94.3 Å². The van der Waals surface area contributed by atoms with Gasteiger partial charge in [0.15, 0.2) is 0 Å². The average molecular weight is 587 g/mol. The highest BCUT2D eigenvalue weighted by Gasteiger charge is 2.26. The monoisotopic (exact) mass is 586 g/mol. The predicted octanol–water partition coefficient (Wildman–Crippen LogP) is 4.45. The Kier molecular flexibility index (Phi) is 9.30. The Morgan fingerprint density at radius 3 is 2.36 bits per heavy atom. The third-order valence-electron chi connectivity index (χ3n) is 5.65. The van der Waals surface area contributed by atoms with Crippen molar-refractivity contribution >= 4 is 50.7 Å². The maximum Gasteiger partial charge on any atom is 0.407 e. The predicted molar refractivity (Wildman–Crippen MR) is 151 cm³/mol. The Morgan fingerprint density at radius 2 is 1.72 bits per heavy atom. The molecule has 0 spiro atoms. The Hall–Kier alpha value is -3.78. The van der Waals surface area contributed by atoms with E-state index in [0.29, 0.717) is 12.0 Å². The molecular formula is C26H26N4O6S3. The number of ether oxygens (including phenoxy) is 1. The molecule has 2 aromatic heterocycles. The summed E-state index contributed by atoms with van der Waals surface area (Å²) in [4.78, 5) is 31.3. The van der Waals surface area contributed by atoms with Crippen molar-refractivity contribution in [2.75, 3.05) is 11.8 Å². The van der Waals surface area contributed by atoms with Crippen LogP contribution in [0.4, 0.5) is 10.5 Å². The number of methoxy groups -OCH3 is 1. The van der Waals surface area contributed by atoms with Crippen molar-refractivity contribution in [3.63, 3.8) is 0 Å². The number of nitrogens with one attached hydrogen (secondary N) is 3. The summed E-state index contributed by atoms with van der Waals surface area (Å²) in [5.41, 5.74) is 2.45. The standard InChI is InChI=1S/C26H26N4O6S3/c1-36-26(32)29-22(14-17-6-3-2-4-7-17)24(31)28-21(18-9-11-19(12-10-18)30-39(33,34)35)15-20-16-38-25(27-20)23-8-5-13-37-23/h2-13,16,21-22,30H,14-15H2,1H3,(H,28,31)(H,29,32)(H,33,34,35). The van der Waals surface area contributed by atoms with E-state index >= 15 is 0 Å². The molecule has 0 aliphatic heterocycles. The zero-order valence-corrected chi connectivity index (χ0v) is 23.2. The summed E-state index contributed by atoms with van der Waals surface area (Å²) in [5.74, 6) is -0.428. The van der Waals surface area contributed by atoms with Gasteiger partial charge in [0.2, 0.25) is 5.91 Å². The van der Waals surface area contributed by atoms with E-state index in [1.807, 2.05) is 57.9 Å². The SMILES string of the molecule is COC(=O)NC(Cc1ccccc1)C(=O)NC(Cc1csc(-c2cccs2)n1)c1ccc(NS(=O)(=O)O)cc1. The lowest BCUT2D eigenvalue weighted by molar-refractivity contribution is -0.123. The summed E-state index contributed by atoms with van der Waals surface area (Å²) >= 11 is 3.08. The first-order chi connectivity index (χ1) is 18.7. The second-order valence-corrected chi connectivity index (χ2v) is 11.4. The molecule has 4 aromatic rings. The molecule has 13 heteroatoms. The number of hydrogen-bond acceptors (Lipinski definition) is 8. The fourth-order valence-corrected chi connectivity index (χ4v) is 5.92. The van der Waals surface area contributed by atoms with Gasteiger partial charge in [-0.05, 0) is 34.7 Å². The maximum atomic E-state index is 13.5. The van der Waals surface area contributed by atoms with Gasteiger partial charge in [-0.3, -0.25) is 14.1 Å². The van der Waals surface area contributed by atoms with E-state index in [1.165, 1.54) is 30.6 Å². The van der Waals surface area contributed by atoms with Crippen molar-refractivity contribution < 1.29 is 27.3 Å². The lowest BCUT2D eigenvalue weighted by Gasteiger charge is -2.23. The molecule has 0 radical (unpaired) electrons. The summed E-state index contributed by atoms with van der Waals surface area (Å²) in [6, 6.07) is 18.0. The van der Waals surface area contributed by atoms with Gasteiger partial charge < -0.3 is 15.4 Å². The van der Waals surface area contributed by atoms with E-state index in [-0.39, 0.29) is 12.1 Å². The Morgan fingerprint density at radius 1 is 0.974 bits per heavy atom. The van der Waals surface area contributed by atoms with Gasteiger partial charge in [0, 0.05) is 18.2 Å². The molecule has 0 saturated carbocycles. The van der Waals surface area contributed by atoms with Crippen LogP contribution in [0.2, 0.25) is 0 Å². The van der Waals surface area contributed by atoms with Crippen LogP contribution in [-0.2, 0) is 32.7 Å². The lowest BCUT2D eigenvalue weighted by atomic mass is 10.00. The number of rotatable bonds is 11. The smallest absolute Gasteiger partial charge is 0.407 e. The van der Waals surface area contributed by atoms with Crippen molar-refractivity contribution in [3.8, 4) is 9.88 Å². The van der Waals surface area contributed by atoms with Crippen LogP contribution >= 0.6 is 22.7 Å². The fraction of sp³-hybridized carbons (Fsp3) is 0.192. The van der Waals surface area contributed by atoms with Gasteiger partial charge in [-0.15, -0.1) is 22.7 Å². The molecule has 4 rings (SSSR count). The van der Waals surface area contributed by atoms with E-state index in [0.717, 1.165) is 21.1 Å². The van der Waals surface area contributed by atoms with E-state index < -0.39 is 34.4 Å². The van der Waals surface area contributed by atoms with Gasteiger partial charge in [0.05, 0.1) is 29.4 Å². The van der Waals surface area contributed by atoms with Crippen molar-refractivity contribution in [1.29, 1.82) is 0 Å². The molecule has 39 heavy (non-hydrogen) atoms. The first-order valence-electron chi connectivity index (χ1n) is 11.7. The molecule has 2 aromatic carbocycles. The highest BCUT2D eigenvalue weighted by molar-refractivity contribution is 7.87. The number of thiophene rings is 1. The van der Waals surface area contributed by atoms with E-state index in [1.54, 1.807) is 23.5 Å². The average Bonchev–Trinajstić information content (AvgIpc) is 3.60.